The smallest absolute Gasteiger partial charge is 2.00 e. The molecule has 0 fully saturated rings. The van der Waals surface area contributed by atoms with Crippen molar-refractivity contribution in [3.63, 3.8) is 0 Å². The second kappa shape index (κ2) is 49.5. The predicted molar refractivity (Wildman–Crippen MR) is 22.1 cm³/mol. The molecule has 0 aliphatic heterocycles. The number of rotatable bonds is 0. The Morgan fingerprint density at radius 3 is 0.667 bits per heavy atom. The van der Waals surface area contributed by atoms with Gasteiger partial charge in [-0.05, 0) is 0 Å². The summed E-state index contributed by atoms with van der Waals surface area (Å²) in [6.45, 7) is 0. The maximum atomic E-state index is 0. The van der Waals surface area contributed by atoms with E-state index in [0.29, 0.717) is 0 Å². The van der Waals surface area contributed by atoms with Crippen molar-refractivity contribution < 1.29 is 50.3 Å². The van der Waals surface area contributed by atoms with Crippen molar-refractivity contribution in [3.8, 4) is 0 Å². The van der Waals surface area contributed by atoms with E-state index in [-0.39, 0.29) is 90.8 Å². The molecular formula is CoMnNiS3. The van der Waals surface area contributed by atoms with Crippen molar-refractivity contribution in [1.82, 2.24) is 0 Å². The van der Waals surface area contributed by atoms with E-state index in [1.165, 1.54) is 0 Å². The quantitative estimate of drug-likeness (QED) is 0.542. The van der Waals surface area contributed by atoms with Crippen LogP contribution >= 0.6 is 0 Å². The van der Waals surface area contributed by atoms with E-state index in [9.17, 15) is 0 Å². The van der Waals surface area contributed by atoms with Crippen molar-refractivity contribution in [3.05, 3.63) is 0 Å². The van der Waals surface area contributed by atoms with Gasteiger partial charge in [-0.15, -0.1) is 0 Å². The third kappa shape index (κ3) is 30.9. The topological polar surface area (TPSA) is 0 Å². The van der Waals surface area contributed by atoms with E-state index in [4.69, 9.17) is 0 Å². The second-order valence-corrected chi connectivity index (χ2v) is 0. The van der Waals surface area contributed by atoms with Crippen LogP contribution in [0.25, 0.3) is 0 Å². The van der Waals surface area contributed by atoms with Crippen LogP contribution in [0.1, 0.15) is 0 Å². The Kier molecular flexibility index (Phi) is 613. The van der Waals surface area contributed by atoms with Crippen molar-refractivity contribution >= 4 is 40.5 Å². The normalized spacial score (nSPS) is 0. The van der Waals surface area contributed by atoms with Gasteiger partial charge in [0.15, 0.2) is 0 Å². The molecule has 6 heavy (non-hydrogen) atoms. The third-order valence-corrected chi connectivity index (χ3v) is 0. The molecular weight excluding hydrogens is 269 g/mol. The fourth-order valence-corrected chi connectivity index (χ4v) is 0. The third-order valence-electron chi connectivity index (χ3n) is 0. The summed E-state index contributed by atoms with van der Waals surface area (Å²) in [5, 5.41) is 0. The van der Waals surface area contributed by atoms with E-state index in [0.717, 1.165) is 0 Å². The van der Waals surface area contributed by atoms with Gasteiger partial charge in [0.2, 0.25) is 0 Å². The minimum Gasteiger partial charge on any atom is -2.00 e. The van der Waals surface area contributed by atoms with Gasteiger partial charge in [0.05, 0.1) is 0 Å². The second-order valence-electron chi connectivity index (χ2n) is 0. The van der Waals surface area contributed by atoms with Gasteiger partial charge in [0, 0.05) is 0 Å². The first kappa shape index (κ1) is 74.4. The van der Waals surface area contributed by atoms with E-state index >= 15 is 0 Å². The van der Waals surface area contributed by atoms with Crippen LogP contribution in [0.3, 0.4) is 0 Å². The molecule has 0 saturated carbocycles. The molecule has 44 valence electrons. The molecule has 0 atom stereocenters. The summed E-state index contributed by atoms with van der Waals surface area (Å²) in [4.78, 5) is 0. The molecule has 0 unspecified atom stereocenters. The van der Waals surface area contributed by atoms with Crippen LogP contribution in [-0.2, 0) is 90.8 Å². The summed E-state index contributed by atoms with van der Waals surface area (Å²) < 4.78 is 0. The monoisotopic (exact) mass is 268 g/mol. The Hall–Kier alpha value is 2.57. The Balaban J connectivity index is 0. The van der Waals surface area contributed by atoms with Crippen LogP contribution in [-0.4, -0.2) is 0 Å². The molecule has 6 heteroatoms. The van der Waals surface area contributed by atoms with Crippen LogP contribution in [0.5, 0.6) is 0 Å². The Bertz CT molecular complexity index is 10.8. The average Bonchev–Trinajstić information content (AvgIpc) is 0. The van der Waals surface area contributed by atoms with Crippen LogP contribution in [0.15, 0.2) is 0 Å². The summed E-state index contributed by atoms with van der Waals surface area (Å²) in [6, 6.07) is 0. The van der Waals surface area contributed by atoms with Crippen LogP contribution in [0.2, 0.25) is 0 Å². The average molecular weight is 269 g/mol. The largest absolute Gasteiger partial charge is 2.00 e. The molecule has 0 amide bonds. The molecule has 0 aromatic carbocycles. The summed E-state index contributed by atoms with van der Waals surface area (Å²) in [6.07, 6.45) is 0. The Morgan fingerprint density at radius 1 is 0.667 bits per heavy atom. The number of hydrogen-bond donors (Lipinski definition) is 0. The van der Waals surface area contributed by atoms with Crippen molar-refractivity contribution in [2.75, 3.05) is 0 Å². The van der Waals surface area contributed by atoms with Gasteiger partial charge in [-0.3, -0.25) is 0 Å². The van der Waals surface area contributed by atoms with Crippen molar-refractivity contribution in [2.45, 2.75) is 0 Å². The zero-order valence-electron chi connectivity index (χ0n) is 2.25. The summed E-state index contributed by atoms with van der Waals surface area (Å²) in [5.41, 5.74) is 0. The molecule has 0 rings (SSSR count). The van der Waals surface area contributed by atoms with E-state index < -0.39 is 0 Å². The molecule has 0 spiro atoms. The minimum atomic E-state index is 0. The van der Waals surface area contributed by atoms with Gasteiger partial charge >= 0.3 is 50.3 Å². The van der Waals surface area contributed by atoms with Gasteiger partial charge in [0.1, 0.15) is 0 Å². The molecule has 0 saturated heterocycles. The standard InChI is InChI=1S/Co.Mn.Ni.3S/q3*+2;3*-2. The molecule has 0 aromatic rings. The molecule has 0 N–H and O–H groups in total. The summed E-state index contributed by atoms with van der Waals surface area (Å²) in [5.74, 6) is 0. The molecule has 0 bridgehead atoms. The van der Waals surface area contributed by atoms with E-state index in [1.807, 2.05) is 0 Å². The van der Waals surface area contributed by atoms with Crippen molar-refractivity contribution in [2.24, 2.45) is 0 Å². The van der Waals surface area contributed by atoms with Gasteiger partial charge in [-0.1, -0.05) is 0 Å². The van der Waals surface area contributed by atoms with Gasteiger partial charge in [-0.2, -0.15) is 0 Å². The van der Waals surface area contributed by atoms with Crippen LogP contribution in [0, 0.1) is 0 Å². The summed E-state index contributed by atoms with van der Waals surface area (Å²) >= 11 is 0. The minimum absolute atomic E-state index is 0. The Morgan fingerprint density at radius 2 is 0.667 bits per heavy atom. The van der Waals surface area contributed by atoms with E-state index in [2.05, 4.69) is 0 Å². The maximum Gasteiger partial charge on any atom is 2.00 e. The molecule has 0 aliphatic rings. The summed E-state index contributed by atoms with van der Waals surface area (Å²) in [7, 11) is 0. The SMILES string of the molecule is [Co+2].[Mn+2].[Ni+2].[S-2].[S-2].[S-2]. The zero-order chi connectivity index (χ0) is 0. The fourth-order valence-electron chi connectivity index (χ4n) is 0. The van der Waals surface area contributed by atoms with E-state index in [1.54, 1.807) is 0 Å². The first-order chi connectivity index (χ1) is 0. The molecule has 2 radical (unpaired) electrons. The Labute approximate surface area is 89.9 Å². The van der Waals surface area contributed by atoms with Gasteiger partial charge in [-0.25, -0.2) is 0 Å². The first-order valence-electron chi connectivity index (χ1n) is 0. The fraction of sp³-hybridized carbons (Fsp3) is 0. The number of hydrogen-bond acceptors (Lipinski definition) is 0. The van der Waals surface area contributed by atoms with Gasteiger partial charge in [0.25, 0.3) is 0 Å². The molecule has 0 aliphatic carbocycles. The molecule has 0 nitrogen and oxygen atoms in total. The predicted octanol–water partition coefficient (Wildman–Crippen LogP) is -0.0147. The zero-order valence-corrected chi connectivity index (χ0v) is 7.91. The van der Waals surface area contributed by atoms with Crippen LogP contribution < -0.4 is 0 Å². The first-order valence-corrected chi connectivity index (χ1v) is 0. The van der Waals surface area contributed by atoms with Crippen molar-refractivity contribution in [1.29, 1.82) is 0 Å². The maximum absolute atomic E-state index is 0. The van der Waals surface area contributed by atoms with Gasteiger partial charge < -0.3 is 40.5 Å². The van der Waals surface area contributed by atoms with Crippen LogP contribution in [0.4, 0.5) is 0 Å². The molecule has 0 heterocycles. The molecule has 0 aromatic heterocycles.